The molecule has 0 aliphatic heterocycles. The second-order valence-corrected chi connectivity index (χ2v) is 6.34. The maximum Gasteiger partial charge on any atom is 0.000528 e. The van der Waals surface area contributed by atoms with E-state index < -0.39 is 0 Å². The third-order valence-electron chi connectivity index (χ3n) is 4.94. The van der Waals surface area contributed by atoms with Gasteiger partial charge in [0.05, 0.1) is 0 Å². The summed E-state index contributed by atoms with van der Waals surface area (Å²) < 4.78 is 0. The normalized spacial score (nSPS) is 40.7. The monoisotopic (exact) mass is 205 g/mol. The summed E-state index contributed by atoms with van der Waals surface area (Å²) in [5, 5.41) is 3.72. The van der Waals surface area contributed by atoms with Gasteiger partial charge in [0.1, 0.15) is 0 Å². The zero-order valence-corrected chi connectivity index (χ0v) is 9.84. The van der Waals surface area contributed by atoms with E-state index in [2.05, 4.69) is 24.4 Å². The number of hydrogen-bond acceptors (Lipinski definition) is 1. The third kappa shape index (κ3) is 1.87. The highest BCUT2D eigenvalue weighted by Crippen LogP contribution is 2.43. The van der Waals surface area contributed by atoms with E-state index in [1.54, 1.807) is 0 Å². The zero-order chi connectivity index (χ0) is 10.3. The van der Waals surface area contributed by atoms with Crippen LogP contribution in [0.5, 0.6) is 0 Å². The van der Waals surface area contributed by atoms with Crippen LogP contribution in [0.1, 0.15) is 39.0 Å². The van der Waals surface area contributed by atoms with E-state index in [0.717, 1.165) is 17.8 Å². The minimum absolute atomic E-state index is 0.646. The van der Waals surface area contributed by atoms with Crippen molar-refractivity contribution in [3.63, 3.8) is 0 Å². The summed E-state index contributed by atoms with van der Waals surface area (Å²) in [4.78, 5) is 0. The second-order valence-electron chi connectivity index (χ2n) is 6.34. The summed E-state index contributed by atoms with van der Waals surface area (Å²) in [5.41, 5.74) is 0.646. The van der Waals surface area contributed by atoms with Crippen molar-refractivity contribution in [2.24, 2.45) is 23.2 Å². The molecule has 2 bridgehead atoms. The van der Waals surface area contributed by atoms with Gasteiger partial charge in [-0.1, -0.05) is 25.5 Å². The molecule has 0 amide bonds. The summed E-state index contributed by atoms with van der Waals surface area (Å²) in [5.74, 6) is 2.79. The van der Waals surface area contributed by atoms with Crippen molar-refractivity contribution < 1.29 is 0 Å². The predicted octanol–water partition coefficient (Wildman–Crippen LogP) is 2.98. The van der Waals surface area contributed by atoms with Gasteiger partial charge in [-0.15, -0.1) is 0 Å². The van der Waals surface area contributed by atoms with Crippen molar-refractivity contribution in [3.8, 4) is 0 Å². The topological polar surface area (TPSA) is 12.0 Å². The molecule has 2 fully saturated rings. The van der Waals surface area contributed by atoms with Gasteiger partial charge >= 0.3 is 0 Å². The average Bonchev–Trinajstić information content (AvgIpc) is 2.76. The van der Waals surface area contributed by atoms with Gasteiger partial charge in [-0.2, -0.15) is 0 Å². The SMILES string of the molecule is CC1(CNCC2CC3C=CC2C3)CCC1. The summed E-state index contributed by atoms with van der Waals surface area (Å²) in [6.07, 6.45) is 12.1. The fourth-order valence-electron chi connectivity index (χ4n) is 3.65. The lowest BCUT2D eigenvalue weighted by Gasteiger charge is -2.39. The molecule has 3 atom stereocenters. The fraction of sp³-hybridized carbons (Fsp3) is 0.857. The lowest BCUT2D eigenvalue weighted by atomic mass is 9.70. The Hall–Kier alpha value is -0.300. The molecule has 0 radical (unpaired) electrons. The fourth-order valence-corrected chi connectivity index (χ4v) is 3.65. The number of fused-ring (bicyclic) bond motifs is 2. The minimum Gasteiger partial charge on any atom is -0.316 e. The van der Waals surface area contributed by atoms with Crippen LogP contribution in [-0.4, -0.2) is 13.1 Å². The van der Waals surface area contributed by atoms with Crippen LogP contribution in [0.3, 0.4) is 0 Å². The van der Waals surface area contributed by atoms with Crippen LogP contribution < -0.4 is 5.32 Å². The first-order valence-electron chi connectivity index (χ1n) is 6.64. The van der Waals surface area contributed by atoms with Gasteiger partial charge in [0.25, 0.3) is 0 Å². The van der Waals surface area contributed by atoms with E-state index in [1.165, 1.54) is 45.2 Å². The third-order valence-corrected chi connectivity index (χ3v) is 4.94. The van der Waals surface area contributed by atoms with E-state index >= 15 is 0 Å². The Morgan fingerprint density at radius 2 is 2.13 bits per heavy atom. The van der Waals surface area contributed by atoms with Crippen LogP contribution in [0.15, 0.2) is 12.2 Å². The highest BCUT2D eigenvalue weighted by atomic mass is 14.9. The maximum absolute atomic E-state index is 3.72. The van der Waals surface area contributed by atoms with E-state index in [9.17, 15) is 0 Å². The molecular formula is C14H23N. The Labute approximate surface area is 93.3 Å². The smallest absolute Gasteiger partial charge is 0.000528 e. The minimum atomic E-state index is 0.646. The van der Waals surface area contributed by atoms with Crippen molar-refractivity contribution in [3.05, 3.63) is 12.2 Å². The molecule has 0 spiro atoms. The van der Waals surface area contributed by atoms with Gasteiger partial charge in [-0.05, 0) is 55.4 Å². The number of allylic oxidation sites excluding steroid dienone is 2. The second kappa shape index (κ2) is 3.62. The summed E-state index contributed by atoms with van der Waals surface area (Å²) >= 11 is 0. The first-order chi connectivity index (χ1) is 7.25. The summed E-state index contributed by atoms with van der Waals surface area (Å²) in [6, 6.07) is 0. The van der Waals surface area contributed by atoms with Crippen molar-refractivity contribution in [2.45, 2.75) is 39.0 Å². The maximum atomic E-state index is 3.72. The van der Waals surface area contributed by atoms with Crippen LogP contribution in [0.2, 0.25) is 0 Å². The Morgan fingerprint density at radius 3 is 2.67 bits per heavy atom. The van der Waals surface area contributed by atoms with Gasteiger partial charge in [0.2, 0.25) is 0 Å². The molecular weight excluding hydrogens is 182 g/mol. The molecule has 0 aromatic heterocycles. The number of nitrogens with one attached hydrogen (secondary N) is 1. The van der Waals surface area contributed by atoms with Gasteiger partial charge < -0.3 is 5.32 Å². The molecule has 0 aromatic rings. The Kier molecular flexibility index (Phi) is 2.39. The summed E-state index contributed by atoms with van der Waals surface area (Å²) in [6.45, 7) is 4.95. The van der Waals surface area contributed by atoms with Gasteiger partial charge in [0.15, 0.2) is 0 Å². The molecule has 3 aliphatic carbocycles. The van der Waals surface area contributed by atoms with E-state index in [1.807, 2.05) is 0 Å². The molecule has 3 unspecified atom stereocenters. The van der Waals surface area contributed by atoms with Crippen LogP contribution in [0.25, 0.3) is 0 Å². The molecule has 84 valence electrons. The Morgan fingerprint density at radius 1 is 1.27 bits per heavy atom. The van der Waals surface area contributed by atoms with Crippen LogP contribution >= 0.6 is 0 Å². The molecule has 1 nitrogen and oxygen atoms in total. The number of rotatable bonds is 4. The molecule has 0 saturated heterocycles. The lowest BCUT2D eigenvalue weighted by Crippen LogP contribution is -2.39. The molecule has 0 heterocycles. The quantitative estimate of drug-likeness (QED) is 0.696. The predicted molar refractivity (Wildman–Crippen MR) is 63.7 cm³/mol. The highest BCUT2D eigenvalue weighted by molar-refractivity contribution is 5.10. The molecule has 3 aliphatic rings. The van der Waals surface area contributed by atoms with Gasteiger partial charge in [-0.3, -0.25) is 0 Å². The highest BCUT2D eigenvalue weighted by Gasteiger charge is 2.36. The molecule has 15 heavy (non-hydrogen) atoms. The van der Waals surface area contributed by atoms with E-state index in [4.69, 9.17) is 0 Å². The molecule has 2 saturated carbocycles. The number of hydrogen-bond donors (Lipinski definition) is 1. The zero-order valence-electron chi connectivity index (χ0n) is 9.84. The standard InChI is InChI=1S/C14H23N/c1-14(5-2-6-14)10-15-9-13-8-11-3-4-12(13)7-11/h3-4,11-13,15H,2,5-10H2,1H3. The van der Waals surface area contributed by atoms with Gasteiger partial charge in [0, 0.05) is 6.54 Å². The Bertz CT molecular complexity index is 265. The van der Waals surface area contributed by atoms with Crippen molar-refractivity contribution in [1.29, 1.82) is 0 Å². The van der Waals surface area contributed by atoms with Gasteiger partial charge in [-0.25, -0.2) is 0 Å². The molecule has 1 N–H and O–H groups in total. The van der Waals surface area contributed by atoms with Crippen molar-refractivity contribution >= 4 is 0 Å². The van der Waals surface area contributed by atoms with E-state index in [0.29, 0.717) is 5.41 Å². The average molecular weight is 205 g/mol. The van der Waals surface area contributed by atoms with Crippen LogP contribution in [-0.2, 0) is 0 Å². The lowest BCUT2D eigenvalue weighted by molar-refractivity contribution is 0.153. The molecule has 0 aromatic carbocycles. The first kappa shape index (κ1) is 9.89. The van der Waals surface area contributed by atoms with Crippen LogP contribution in [0, 0.1) is 23.2 Å². The Balaban J connectivity index is 1.41. The van der Waals surface area contributed by atoms with Crippen molar-refractivity contribution in [2.75, 3.05) is 13.1 Å². The largest absolute Gasteiger partial charge is 0.316 e. The molecule has 3 rings (SSSR count). The van der Waals surface area contributed by atoms with Crippen molar-refractivity contribution in [1.82, 2.24) is 5.32 Å². The van der Waals surface area contributed by atoms with E-state index in [-0.39, 0.29) is 0 Å². The van der Waals surface area contributed by atoms with Crippen LogP contribution in [0.4, 0.5) is 0 Å². The summed E-state index contributed by atoms with van der Waals surface area (Å²) in [7, 11) is 0. The molecule has 1 heteroatoms. The first-order valence-corrected chi connectivity index (χ1v) is 6.64.